The molecule has 0 fully saturated rings. The maximum absolute atomic E-state index is 11.5. The van der Waals surface area contributed by atoms with Crippen LogP contribution in [-0.4, -0.2) is 46.3 Å². The van der Waals surface area contributed by atoms with Gasteiger partial charge in [-0.25, -0.2) is 0 Å². The number of amides is 1. The van der Waals surface area contributed by atoms with Gasteiger partial charge in [-0.2, -0.15) is 10.2 Å². The molecule has 4 rings (SSSR count). The number of fused-ring (bicyclic) bond motifs is 1. The molecule has 1 aliphatic carbocycles. The second-order valence-corrected chi connectivity index (χ2v) is 7.88. The summed E-state index contributed by atoms with van der Waals surface area (Å²) in [7, 11) is 0. The first-order valence-corrected chi connectivity index (χ1v) is 10.4. The number of nitrogens with zero attached hydrogens (tertiary/aromatic N) is 4. The van der Waals surface area contributed by atoms with Crippen molar-refractivity contribution in [1.29, 1.82) is 5.26 Å². The summed E-state index contributed by atoms with van der Waals surface area (Å²) in [5, 5.41) is 22.4. The summed E-state index contributed by atoms with van der Waals surface area (Å²) in [6, 6.07) is 15.3. The van der Waals surface area contributed by atoms with Crippen LogP contribution in [0.25, 0.3) is 22.8 Å². The molecule has 31 heavy (non-hydrogen) atoms. The van der Waals surface area contributed by atoms with Crippen molar-refractivity contribution in [3.8, 4) is 28.9 Å². The molecule has 0 radical (unpaired) electrons. The largest absolute Gasteiger partial charge is 0.395 e. The standard InChI is InChI=1S/C24H24N4O3/c1-2-24(15-28(16-30)12-13-29)11-10-19-20(4-3-5-21(19)24)22-26-23(31-27-22)18-8-6-17(14-25)7-9-18/h3-9,16,29H,2,10-13,15H2,1H3. The van der Waals surface area contributed by atoms with Gasteiger partial charge in [-0.15, -0.1) is 0 Å². The average Bonchev–Trinajstić information content (AvgIpc) is 3.45. The van der Waals surface area contributed by atoms with E-state index in [1.807, 2.05) is 12.1 Å². The normalized spacial score (nSPS) is 17.2. The van der Waals surface area contributed by atoms with Gasteiger partial charge in [0, 0.05) is 29.6 Å². The topological polar surface area (TPSA) is 103 Å². The molecule has 1 amide bonds. The summed E-state index contributed by atoms with van der Waals surface area (Å²) in [6.07, 6.45) is 3.50. The highest BCUT2D eigenvalue weighted by Gasteiger charge is 2.40. The molecular formula is C24H24N4O3. The first kappa shape index (κ1) is 20.8. The Morgan fingerprint density at radius 2 is 2.10 bits per heavy atom. The Labute approximate surface area is 180 Å². The van der Waals surface area contributed by atoms with Crippen LogP contribution in [0.3, 0.4) is 0 Å². The van der Waals surface area contributed by atoms with Crippen LogP contribution in [-0.2, 0) is 16.6 Å². The van der Waals surface area contributed by atoms with Gasteiger partial charge in [0.05, 0.1) is 18.2 Å². The van der Waals surface area contributed by atoms with Gasteiger partial charge in [0.25, 0.3) is 5.89 Å². The number of benzene rings is 2. The van der Waals surface area contributed by atoms with E-state index in [1.165, 1.54) is 11.1 Å². The number of aliphatic hydroxyl groups excluding tert-OH is 1. The van der Waals surface area contributed by atoms with Crippen molar-refractivity contribution >= 4 is 6.41 Å². The molecule has 1 N–H and O–H groups in total. The number of aliphatic hydroxyl groups is 1. The molecule has 1 atom stereocenters. The molecule has 7 nitrogen and oxygen atoms in total. The molecule has 0 saturated carbocycles. The maximum atomic E-state index is 11.5. The van der Waals surface area contributed by atoms with Gasteiger partial charge in [0.1, 0.15) is 0 Å². The van der Waals surface area contributed by atoms with E-state index in [2.05, 4.69) is 29.2 Å². The molecule has 0 aliphatic heterocycles. The maximum Gasteiger partial charge on any atom is 0.258 e. The summed E-state index contributed by atoms with van der Waals surface area (Å²) in [5.74, 6) is 0.942. The molecule has 1 heterocycles. The first-order chi connectivity index (χ1) is 15.1. The van der Waals surface area contributed by atoms with Gasteiger partial charge >= 0.3 is 0 Å². The number of nitriles is 1. The number of carbonyl (C=O) groups is 1. The fourth-order valence-electron chi connectivity index (χ4n) is 4.53. The van der Waals surface area contributed by atoms with E-state index >= 15 is 0 Å². The van der Waals surface area contributed by atoms with Gasteiger partial charge in [-0.1, -0.05) is 30.3 Å². The Morgan fingerprint density at radius 3 is 2.77 bits per heavy atom. The molecular weight excluding hydrogens is 392 g/mol. The monoisotopic (exact) mass is 416 g/mol. The van der Waals surface area contributed by atoms with Crippen molar-refractivity contribution in [3.63, 3.8) is 0 Å². The van der Waals surface area contributed by atoms with Gasteiger partial charge in [0.15, 0.2) is 0 Å². The third-order valence-electron chi connectivity index (χ3n) is 6.25. The average molecular weight is 416 g/mol. The number of hydrogen-bond donors (Lipinski definition) is 1. The Balaban J connectivity index is 1.68. The minimum atomic E-state index is -0.152. The summed E-state index contributed by atoms with van der Waals surface area (Å²) >= 11 is 0. The summed E-state index contributed by atoms with van der Waals surface area (Å²) in [6.45, 7) is 3.00. The van der Waals surface area contributed by atoms with Crippen molar-refractivity contribution in [2.45, 2.75) is 31.6 Å². The Kier molecular flexibility index (Phi) is 5.83. The zero-order valence-corrected chi connectivity index (χ0v) is 17.4. The van der Waals surface area contributed by atoms with Crippen LogP contribution < -0.4 is 0 Å². The minimum absolute atomic E-state index is 0.0492. The van der Waals surface area contributed by atoms with Crippen LogP contribution in [0.4, 0.5) is 0 Å². The lowest BCUT2D eigenvalue weighted by atomic mass is 9.78. The van der Waals surface area contributed by atoms with E-state index < -0.39 is 0 Å². The first-order valence-electron chi connectivity index (χ1n) is 10.4. The van der Waals surface area contributed by atoms with Crippen LogP contribution in [0.5, 0.6) is 0 Å². The second kappa shape index (κ2) is 8.70. The van der Waals surface area contributed by atoms with Gasteiger partial charge < -0.3 is 14.5 Å². The Bertz CT molecular complexity index is 1120. The van der Waals surface area contributed by atoms with E-state index in [9.17, 15) is 9.90 Å². The van der Waals surface area contributed by atoms with Crippen molar-refractivity contribution in [2.24, 2.45) is 0 Å². The van der Waals surface area contributed by atoms with E-state index in [4.69, 9.17) is 9.78 Å². The molecule has 1 aliphatic rings. The van der Waals surface area contributed by atoms with E-state index in [0.717, 1.165) is 36.8 Å². The van der Waals surface area contributed by atoms with Crippen molar-refractivity contribution in [3.05, 3.63) is 59.2 Å². The zero-order chi connectivity index (χ0) is 21.8. The highest BCUT2D eigenvalue weighted by Crippen LogP contribution is 2.45. The van der Waals surface area contributed by atoms with Crippen molar-refractivity contribution < 1.29 is 14.4 Å². The molecule has 2 aromatic carbocycles. The molecule has 1 unspecified atom stereocenters. The second-order valence-electron chi connectivity index (χ2n) is 7.88. The quantitative estimate of drug-likeness (QED) is 0.565. The fourth-order valence-corrected chi connectivity index (χ4v) is 4.53. The lowest BCUT2D eigenvalue weighted by Gasteiger charge is -2.34. The highest BCUT2D eigenvalue weighted by molar-refractivity contribution is 5.67. The Morgan fingerprint density at radius 1 is 1.29 bits per heavy atom. The van der Waals surface area contributed by atoms with Crippen LogP contribution in [0.15, 0.2) is 47.0 Å². The van der Waals surface area contributed by atoms with Crippen LogP contribution in [0.2, 0.25) is 0 Å². The van der Waals surface area contributed by atoms with Crippen molar-refractivity contribution in [1.82, 2.24) is 15.0 Å². The number of carbonyl (C=O) groups excluding carboxylic acids is 1. The summed E-state index contributed by atoms with van der Waals surface area (Å²) < 4.78 is 5.50. The number of hydrogen-bond acceptors (Lipinski definition) is 6. The minimum Gasteiger partial charge on any atom is -0.395 e. The SMILES string of the molecule is CCC1(CN(C=O)CCO)CCc2c(-c3noc(-c4ccc(C#N)cc4)n3)cccc21. The predicted octanol–water partition coefficient (Wildman–Crippen LogP) is 3.32. The molecule has 3 aromatic rings. The smallest absolute Gasteiger partial charge is 0.258 e. The zero-order valence-electron chi connectivity index (χ0n) is 17.4. The van der Waals surface area contributed by atoms with Gasteiger partial charge in [-0.05, 0) is 54.7 Å². The number of rotatable bonds is 8. The molecule has 1 aromatic heterocycles. The Hall–Kier alpha value is -3.50. The third-order valence-corrected chi connectivity index (χ3v) is 6.25. The van der Waals surface area contributed by atoms with E-state index in [-0.39, 0.29) is 12.0 Å². The highest BCUT2D eigenvalue weighted by atomic mass is 16.5. The van der Waals surface area contributed by atoms with E-state index in [1.54, 1.807) is 29.2 Å². The van der Waals surface area contributed by atoms with Crippen molar-refractivity contribution in [2.75, 3.05) is 19.7 Å². The summed E-state index contributed by atoms with van der Waals surface area (Å²) in [4.78, 5) is 17.7. The molecule has 7 heteroatoms. The van der Waals surface area contributed by atoms with Crippen LogP contribution in [0, 0.1) is 11.3 Å². The third kappa shape index (κ3) is 3.82. The lowest BCUT2D eigenvalue weighted by molar-refractivity contribution is -0.119. The molecule has 0 spiro atoms. The molecule has 158 valence electrons. The molecule has 0 saturated heterocycles. The van der Waals surface area contributed by atoms with Crippen LogP contribution >= 0.6 is 0 Å². The fraction of sp³-hybridized carbons (Fsp3) is 0.333. The van der Waals surface area contributed by atoms with Gasteiger partial charge in [-0.3, -0.25) is 4.79 Å². The predicted molar refractivity (Wildman–Crippen MR) is 115 cm³/mol. The lowest BCUT2D eigenvalue weighted by Crippen LogP contribution is -2.40. The summed E-state index contributed by atoms with van der Waals surface area (Å²) in [5.41, 5.74) is 4.52. The van der Waals surface area contributed by atoms with E-state index in [0.29, 0.717) is 30.4 Å². The van der Waals surface area contributed by atoms with Crippen LogP contribution in [0.1, 0.15) is 36.5 Å². The van der Waals surface area contributed by atoms with Gasteiger partial charge in [0.2, 0.25) is 12.2 Å². The molecule has 0 bridgehead atoms. The number of aromatic nitrogens is 2.